The van der Waals surface area contributed by atoms with Gasteiger partial charge in [-0.15, -0.1) is 46.2 Å². The van der Waals surface area contributed by atoms with Crippen LogP contribution in [0.25, 0.3) is 43.8 Å². The normalized spacial score (nSPS) is 11.6. The average Bonchev–Trinajstić information content (AvgIpc) is 3.87. The molecule has 8 rings (SSSR count). The summed E-state index contributed by atoms with van der Waals surface area (Å²) in [5.74, 6) is 0. The Morgan fingerprint density at radius 2 is 0.912 bits per heavy atom. The Morgan fingerprint density at radius 1 is 0.526 bits per heavy atom. The summed E-state index contributed by atoms with van der Waals surface area (Å²) in [5, 5.41) is 5.55. The van der Waals surface area contributed by atoms with Gasteiger partial charge in [0, 0.05) is 0 Å². The molecule has 0 N–H and O–H groups in total. The number of fused-ring (bicyclic) bond motifs is 3. The van der Waals surface area contributed by atoms with Crippen LogP contribution in [-0.2, 0) is 32.8 Å². The van der Waals surface area contributed by atoms with Gasteiger partial charge in [0.1, 0.15) is 0 Å². The molecule has 0 fully saturated rings. The Morgan fingerprint density at radius 3 is 1.23 bits per heavy atom. The quantitative estimate of drug-likeness (QED) is 0.123. The molecule has 0 aliphatic heterocycles. The molecule has 0 bridgehead atoms. The number of allylic oxidation sites excluding steroid dienone is 4. The summed E-state index contributed by atoms with van der Waals surface area (Å²) in [4.78, 5) is 0. The third-order valence-corrected chi connectivity index (χ3v) is 13.7. The van der Waals surface area contributed by atoms with Gasteiger partial charge in [-0.25, -0.2) is 12.2 Å². The van der Waals surface area contributed by atoms with Crippen LogP contribution in [0.1, 0.15) is 81.3 Å². The van der Waals surface area contributed by atoms with E-state index in [0.29, 0.717) is 0 Å². The Kier molecular flexibility index (Phi) is 16.4. The molecule has 7 aromatic carbocycles. The molecule has 292 valence electrons. The van der Waals surface area contributed by atoms with Gasteiger partial charge in [0.2, 0.25) is 0 Å². The number of rotatable bonds is 4. The second-order valence-electron chi connectivity index (χ2n) is 16.6. The third kappa shape index (κ3) is 12.2. The number of halogens is 2. The van der Waals surface area contributed by atoms with Crippen LogP contribution in [-0.4, -0.2) is 7.52 Å². The number of benzene rings is 6. The summed E-state index contributed by atoms with van der Waals surface area (Å²) in [5.41, 5.74) is 13.9. The Labute approximate surface area is 365 Å². The monoisotopic (exact) mass is 952 g/mol. The van der Waals surface area contributed by atoms with Crippen LogP contribution in [0, 0.1) is 19.9 Å². The first kappa shape index (κ1) is 45.6. The van der Waals surface area contributed by atoms with Gasteiger partial charge in [0.15, 0.2) is 0 Å². The molecular formula is C54H54Cl2Hf-4. The van der Waals surface area contributed by atoms with Crippen molar-refractivity contribution in [2.45, 2.75) is 72.6 Å². The van der Waals surface area contributed by atoms with Crippen LogP contribution in [0.2, 0.25) is 0 Å². The van der Waals surface area contributed by atoms with Crippen molar-refractivity contribution in [3.8, 4) is 22.3 Å². The van der Waals surface area contributed by atoms with E-state index in [1.807, 2.05) is 12.2 Å². The molecule has 0 radical (unpaired) electrons. The van der Waals surface area contributed by atoms with E-state index in [2.05, 4.69) is 215 Å². The minimum atomic E-state index is -0.910. The van der Waals surface area contributed by atoms with Gasteiger partial charge in [-0.1, -0.05) is 75.9 Å². The summed E-state index contributed by atoms with van der Waals surface area (Å²) in [6, 6.07) is 50.9. The first-order chi connectivity index (χ1) is 26.4. The molecule has 1 aliphatic rings. The molecule has 7 aromatic rings. The molecule has 57 heavy (non-hydrogen) atoms. The summed E-state index contributed by atoms with van der Waals surface area (Å²) in [6.45, 7) is 18.3. The maximum atomic E-state index is 2.99. The molecule has 0 saturated carbocycles. The van der Waals surface area contributed by atoms with E-state index >= 15 is 0 Å². The molecule has 1 aliphatic carbocycles. The fourth-order valence-electron chi connectivity index (χ4n) is 7.33. The molecule has 0 aromatic heterocycles. The average molecular weight is 952 g/mol. The molecule has 0 unspecified atom stereocenters. The zero-order valence-corrected chi connectivity index (χ0v) is 39.7. The van der Waals surface area contributed by atoms with Gasteiger partial charge in [-0.2, -0.15) is 6.08 Å². The fraction of sp³-hybridized carbons (Fsp3) is 0.204. The predicted molar refractivity (Wildman–Crippen MR) is 240 cm³/mol. The minimum Gasteiger partial charge on any atom is -1.00 e. The molecule has 3 heteroatoms. The third-order valence-electron chi connectivity index (χ3n) is 10.1. The summed E-state index contributed by atoms with van der Waals surface area (Å²) in [6.07, 6.45) is 10.0. The first-order valence-electron chi connectivity index (χ1n) is 19.5. The number of aryl methyl sites for hydroxylation is 2. The molecular weight excluding hydrogens is 898 g/mol. The molecule has 0 heterocycles. The van der Waals surface area contributed by atoms with Crippen LogP contribution in [0.4, 0.5) is 0 Å². The van der Waals surface area contributed by atoms with Gasteiger partial charge < -0.3 is 24.8 Å². The van der Waals surface area contributed by atoms with Crippen LogP contribution in [0.5, 0.6) is 0 Å². The molecule has 0 nitrogen and oxygen atoms in total. The maximum absolute atomic E-state index is 2.99. The second-order valence-corrected chi connectivity index (χ2v) is 19.9. The summed E-state index contributed by atoms with van der Waals surface area (Å²) >= 11 is -0.910. The van der Waals surface area contributed by atoms with E-state index in [9.17, 15) is 0 Å². The van der Waals surface area contributed by atoms with Crippen molar-refractivity contribution in [1.82, 2.24) is 0 Å². The molecule has 0 atom stereocenters. The van der Waals surface area contributed by atoms with Crippen LogP contribution >= 0.6 is 0 Å². The molecule has 0 saturated heterocycles. The Balaban J connectivity index is 0.000000220. The smallest absolute Gasteiger partial charge is 1.00 e. The maximum Gasteiger partial charge on any atom is -1.00 e. The van der Waals surface area contributed by atoms with Crippen molar-refractivity contribution < 1.29 is 46.8 Å². The summed E-state index contributed by atoms with van der Waals surface area (Å²) < 4.78 is 4.92. The Bertz CT molecular complexity index is 2310. The van der Waals surface area contributed by atoms with E-state index in [1.165, 1.54) is 77.2 Å². The van der Waals surface area contributed by atoms with Gasteiger partial charge >= 0.3 is 172 Å². The topological polar surface area (TPSA) is 0 Å². The Hall–Kier alpha value is -4.14. The summed E-state index contributed by atoms with van der Waals surface area (Å²) in [7, 11) is 0. The molecule has 0 spiro atoms. The van der Waals surface area contributed by atoms with Gasteiger partial charge in [-0.3, -0.25) is 6.08 Å². The van der Waals surface area contributed by atoms with Crippen molar-refractivity contribution in [3.05, 3.63) is 197 Å². The van der Waals surface area contributed by atoms with E-state index in [1.54, 1.807) is 0 Å². The zero-order chi connectivity index (χ0) is 39.0. The number of hydrogen-bond acceptors (Lipinski definition) is 0. The fourth-order valence-corrected chi connectivity index (χ4v) is 10.4. The van der Waals surface area contributed by atoms with Crippen LogP contribution in [0.3, 0.4) is 0 Å². The van der Waals surface area contributed by atoms with Crippen molar-refractivity contribution >= 4 is 29.1 Å². The standard InChI is InChI=1S/C23H29.2C13H10.C5H5.2ClH.Hf/c1-14-9-16-11-17-10-15(2)21(23(6,7)8)13-19(17)18(16)12-20(14)22(3,4)5;2*1-11-7-9-13(10-8-11)12-5-3-2-4-6-12;1-2-4-5-3-1;;;/h9-13H,1-8H3;2*1-10H;1-3H,4H2;2*1H;/q-1;;;-1;;;/p-2. The predicted octanol–water partition coefficient (Wildman–Crippen LogP) is 8.34. The first-order valence-corrected chi connectivity index (χ1v) is 23.6. The largest absolute Gasteiger partial charge is 1.00 e. The van der Waals surface area contributed by atoms with E-state index in [-0.39, 0.29) is 35.6 Å². The van der Waals surface area contributed by atoms with Crippen molar-refractivity contribution in [3.63, 3.8) is 0 Å². The minimum absolute atomic E-state index is 0. The van der Waals surface area contributed by atoms with Crippen molar-refractivity contribution in [2.75, 3.05) is 0 Å². The van der Waals surface area contributed by atoms with Gasteiger partial charge in [0.25, 0.3) is 0 Å². The second kappa shape index (κ2) is 20.5. The van der Waals surface area contributed by atoms with Crippen molar-refractivity contribution in [1.29, 1.82) is 0 Å². The van der Waals surface area contributed by atoms with E-state index < -0.39 is 21.9 Å². The van der Waals surface area contributed by atoms with Gasteiger partial charge in [0.05, 0.1) is 0 Å². The van der Waals surface area contributed by atoms with Crippen LogP contribution < -0.4 is 24.8 Å². The molecule has 0 amide bonds. The van der Waals surface area contributed by atoms with Gasteiger partial charge in [-0.05, 0) is 24.7 Å². The number of hydrogen-bond donors (Lipinski definition) is 0. The van der Waals surface area contributed by atoms with Crippen LogP contribution in [0.15, 0.2) is 158 Å². The SMILES string of the molecule is Cc1cc2[cH-]c3cc(C)c(C(C)(C)C)cc3c2cc1C(C)(C)C.[C-]1=CC=CC1.[CH](=[Hf]=[CH]c1ccc(-c2ccccc2)cc1)c1ccc(-c2ccccc2)cc1.[Cl-].[Cl-]. The van der Waals surface area contributed by atoms with E-state index in [0.717, 1.165) is 6.42 Å². The van der Waals surface area contributed by atoms with E-state index in [4.69, 9.17) is 0 Å². The van der Waals surface area contributed by atoms with Crippen molar-refractivity contribution in [2.24, 2.45) is 0 Å². The zero-order valence-electron chi connectivity index (χ0n) is 34.6.